The third-order valence-corrected chi connectivity index (χ3v) is 5.33. The van der Waals surface area contributed by atoms with Crippen molar-refractivity contribution in [1.29, 1.82) is 0 Å². The van der Waals surface area contributed by atoms with E-state index in [4.69, 9.17) is 0 Å². The molecular weight excluding hydrogens is 264 g/mol. The van der Waals surface area contributed by atoms with Crippen LogP contribution in [-0.2, 0) is 19.3 Å². The van der Waals surface area contributed by atoms with E-state index >= 15 is 0 Å². The van der Waals surface area contributed by atoms with Crippen LogP contribution in [0.4, 0.5) is 0 Å². The molecule has 1 aromatic carbocycles. The summed E-state index contributed by atoms with van der Waals surface area (Å²) < 4.78 is 0. The Balaban J connectivity index is 1.86. The molecule has 20 heavy (non-hydrogen) atoms. The van der Waals surface area contributed by atoms with Crippen molar-refractivity contribution in [2.75, 3.05) is 0 Å². The van der Waals surface area contributed by atoms with E-state index in [1.807, 2.05) is 12.1 Å². The van der Waals surface area contributed by atoms with Gasteiger partial charge in [-0.15, -0.1) is 11.3 Å². The molecule has 0 fully saturated rings. The molecule has 0 unspecified atom stereocenters. The molecule has 0 aliphatic heterocycles. The molecule has 104 valence electrons. The van der Waals surface area contributed by atoms with Crippen LogP contribution in [0.25, 0.3) is 0 Å². The van der Waals surface area contributed by atoms with Crippen LogP contribution in [-0.4, -0.2) is 5.78 Å². The Labute approximate surface area is 124 Å². The summed E-state index contributed by atoms with van der Waals surface area (Å²) in [6.45, 7) is 2.13. The molecule has 0 saturated heterocycles. The zero-order valence-electron chi connectivity index (χ0n) is 11.9. The number of ketones is 1. The average molecular weight is 284 g/mol. The van der Waals surface area contributed by atoms with Crippen LogP contribution in [0.5, 0.6) is 0 Å². The Hall–Kier alpha value is -1.41. The highest BCUT2D eigenvalue weighted by molar-refractivity contribution is 7.14. The number of benzene rings is 1. The molecule has 3 rings (SSSR count). The van der Waals surface area contributed by atoms with Gasteiger partial charge in [-0.05, 0) is 49.3 Å². The van der Waals surface area contributed by atoms with Gasteiger partial charge < -0.3 is 0 Å². The minimum Gasteiger partial charge on any atom is -0.288 e. The number of carbonyl (C=O) groups is 1. The van der Waals surface area contributed by atoms with Crippen molar-refractivity contribution in [3.63, 3.8) is 0 Å². The fourth-order valence-corrected chi connectivity index (χ4v) is 4.03. The number of hydrogen-bond acceptors (Lipinski definition) is 2. The van der Waals surface area contributed by atoms with Gasteiger partial charge in [0.05, 0.1) is 4.88 Å². The van der Waals surface area contributed by atoms with E-state index in [1.54, 1.807) is 11.3 Å². The summed E-state index contributed by atoms with van der Waals surface area (Å²) in [6.07, 6.45) is 7.18. The molecule has 0 N–H and O–H groups in total. The van der Waals surface area contributed by atoms with Crippen molar-refractivity contribution >= 4 is 17.1 Å². The lowest BCUT2D eigenvalue weighted by Gasteiger charge is -2.00. The second-order valence-corrected chi connectivity index (χ2v) is 6.64. The van der Waals surface area contributed by atoms with E-state index < -0.39 is 0 Å². The maximum atomic E-state index is 12.6. The highest BCUT2D eigenvalue weighted by Gasteiger charge is 2.17. The topological polar surface area (TPSA) is 17.1 Å². The molecule has 0 radical (unpaired) electrons. The molecule has 1 aliphatic rings. The highest BCUT2D eigenvalue weighted by atomic mass is 32.1. The van der Waals surface area contributed by atoms with Crippen LogP contribution >= 0.6 is 11.3 Å². The lowest BCUT2D eigenvalue weighted by atomic mass is 10.0. The molecular formula is C18H20OS. The third kappa shape index (κ3) is 2.71. The van der Waals surface area contributed by atoms with Gasteiger partial charge in [0.25, 0.3) is 0 Å². The number of hydrogen-bond donors (Lipinski definition) is 0. The third-order valence-electron chi connectivity index (χ3n) is 4.09. The second kappa shape index (κ2) is 5.92. The van der Waals surface area contributed by atoms with Gasteiger partial charge in [-0.3, -0.25) is 4.79 Å². The summed E-state index contributed by atoms with van der Waals surface area (Å²) in [5.41, 5.74) is 3.52. The Bertz CT molecular complexity index is 583. The normalized spacial score (nSPS) is 14.7. The Morgan fingerprint density at radius 1 is 1.10 bits per heavy atom. The Kier molecular flexibility index (Phi) is 4.02. The van der Waals surface area contributed by atoms with Crippen LogP contribution in [0.15, 0.2) is 30.3 Å². The number of rotatable bonds is 3. The monoisotopic (exact) mass is 284 g/mol. The minimum absolute atomic E-state index is 0.186. The lowest BCUT2D eigenvalue weighted by molar-refractivity contribution is 0.104. The van der Waals surface area contributed by atoms with Gasteiger partial charge in [-0.2, -0.15) is 0 Å². The first kappa shape index (κ1) is 13.6. The van der Waals surface area contributed by atoms with Crippen molar-refractivity contribution in [2.24, 2.45) is 0 Å². The summed E-state index contributed by atoms with van der Waals surface area (Å²) in [5.74, 6) is 0.186. The van der Waals surface area contributed by atoms with E-state index in [-0.39, 0.29) is 5.78 Å². The quantitative estimate of drug-likeness (QED) is 0.584. The first-order valence-electron chi connectivity index (χ1n) is 7.53. The second-order valence-electron chi connectivity index (χ2n) is 5.50. The van der Waals surface area contributed by atoms with Crippen molar-refractivity contribution in [1.82, 2.24) is 0 Å². The number of aryl methyl sites for hydroxylation is 3. The van der Waals surface area contributed by atoms with Crippen LogP contribution in [0.3, 0.4) is 0 Å². The summed E-state index contributed by atoms with van der Waals surface area (Å²) in [7, 11) is 0. The number of thiophene rings is 1. The van der Waals surface area contributed by atoms with E-state index in [0.717, 1.165) is 29.7 Å². The van der Waals surface area contributed by atoms with E-state index in [2.05, 4.69) is 25.1 Å². The van der Waals surface area contributed by atoms with E-state index in [0.29, 0.717) is 0 Å². The number of fused-ring (bicyclic) bond motifs is 1. The highest BCUT2D eigenvalue weighted by Crippen LogP contribution is 2.30. The molecule has 0 atom stereocenters. The fraction of sp³-hybridized carbons (Fsp3) is 0.389. The fourth-order valence-electron chi connectivity index (χ4n) is 2.81. The van der Waals surface area contributed by atoms with Crippen molar-refractivity contribution < 1.29 is 4.79 Å². The maximum Gasteiger partial charge on any atom is 0.202 e. The lowest BCUT2D eigenvalue weighted by Crippen LogP contribution is -1.98. The molecule has 1 aliphatic carbocycles. The van der Waals surface area contributed by atoms with Crippen LogP contribution in [0.2, 0.25) is 0 Å². The Morgan fingerprint density at radius 2 is 1.85 bits per heavy atom. The summed E-state index contributed by atoms with van der Waals surface area (Å²) in [4.78, 5) is 14.9. The van der Waals surface area contributed by atoms with E-state index in [9.17, 15) is 4.79 Å². The van der Waals surface area contributed by atoms with Crippen molar-refractivity contribution in [3.05, 3.63) is 56.8 Å². The smallest absolute Gasteiger partial charge is 0.202 e. The minimum atomic E-state index is 0.186. The summed E-state index contributed by atoms with van der Waals surface area (Å²) in [6, 6.07) is 10.2. The molecule has 1 heterocycles. The van der Waals surface area contributed by atoms with Crippen LogP contribution in [0, 0.1) is 0 Å². The van der Waals surface area contributed by atoms with Gasteiger partial charge in [0.15, 0.2) is 0 Å². The van der Waals surface area contributed by atoms with Gasteiger partial charge in [-0.25, -0.2) is 0 Å². The van der Waals surface area contributed by atoms with Gasteiger partial charge in [0, 0.05) is 10.4 Å². The van der Waals surface area contributed by atoms with Crippen LogP contribution in [0.1, 0.15) is 57.4 Å². The standard InChI is InChI=1S/C18H20OS/c1-2-13-8-10-14(11-9-13)18(19)17-12-15-6-4-3-5-7-16(15)20-17/h8-12H,2-7H2,1H3. The number of carbonyl (C=O) groups excluding carboxylic acids is 1. The summed E-state index contributed by atoms with van der Waals surface area (Å²) >= 11 is 1.71. The first-order chi connectivity index (χ1) is 9.78. The van der Waals surface area contributed by atoms with Crippen LogP contribution < -0.4 is 0 Å². The molecule has 2 aromatic rings. The predicted molar refractivity (Wildman–Crippen MR) is 84.8 cm³/mol. The largest absolute Gasteiger partial charge is 0.288 e. The maximum absolute atomic E-state index is 12.6. The molecule has 2 heteroatoms. The molecule has 1 aromatic heterocycles. The first-order valence-corrected chi connectivity index (χ1v) is 8.35. The van der Waals surface area contributed by atoms with Gasteiger partial charge in [0.1, 0.15) is 0 Å². The Morgan fingerprint density at radius 3 is 2.60 bits per heavy atom. The predicted octanol–water partition coefficient (Wildman–Crippen LogP) is 4.81. The van der Waals surface area contributed by atoms with E-state index in [1.165, 1.54) is 35.3 Å². The van der Waals surface area contributed by atoms with Gasteiger partial charge in [0.2, 0.25) is 5.78 Å². The van der Waals surface area contributed by atoms with Gasteiger partial charge in [-0.1, -0.05) is 37.6 Å². The molecule has 0 spiro atoms. The molecule has 0 amide bonds. The van der Waals surface area contributed by atoms with Gasteiger partial charge >= 0.3 is 0 Å². The van der Waals surface area contributed by atoms with Crippen molar-refractivity contribution in [2.45, 2.75) is 45.4 Å². The zero-order chi connectivity index (χ0) is 13.9. The average Bonchev–Trinajstić information content (AvgIpc) is 2.77. The zero-order valence-corrected chi connectivity index (χ0v) is 12.8. The summed E-state index contributed by atoms with van der Waals surface area (Å²) in [5, 5.41) is 0. The SMILES string of the molecule is CCc1ccc(C(=O)c2cc3c(s2)CCCCC3)cc1. The van der Waals surface area contributed by atoms with Crippen molar-refractivity contribution in [3.8, 4) is 0 Å². The molecule has 0 bridgehead atoms. The molecule has 1 nitrogen and oxygen atoms in total. The molecule has 0 saturated carbocycles.